The molecule has 3 rings (SSSR count). The van der Waals surface area contributed by atoms with Crippen molar-refractivity contribution in [3.05, 3.63) is 0 Å². The van der Waals surface area contributed by atoms with Gasteiger partial charge in [-0.1, -0.05) is 53.9 Å². The van der Waals surface area contributed by atoms with E-state index in [-0.39, 0.29) is 29.8 Å². The fraction of sp³-hybridized carbons (Fsp3) is 0.821. The van der Waals surface area contributed by atoms with Gasteiger partial charge in [-0.05, 0) is 55.1 Å². The van der Waals surface area contributed by atoms with Crippen molar-refractivity contribution < 1.29 is 24.0 Å². The maximum atomic E-state index is 13.8. The van der Waals surface area contributed by atoms with Gasteiger partial charge in [0.25, 0.3) is 5.91 Å². The molecule has 2 heterocycles. The molecular formula is C28H47N5O5S. The van der Waals surface area contributed by atoms with Gasteiger partial charge in [0, 0.05) is 17.8 Å². The molecule has 2 saturated heterocycles. The molecule has 5 N–H and O–H groups in total. The summed E-state index contributed by atoms with van der Waals surface area (Å²) in [5.41, 5.74) is 4.64. The Labute approximate surface area is 236 Å². The van der Waals surface area contributed by atoms with Crippen molar-refractivity contribution in [3.8, 4) is 0 Å². The molecule has 0 radical (unpaired) electrons. The summed E-state index contributed by atoms with van der Waals surface area (Å²) in [4.78, 5) is 65.9. The molecular weight excluding hydrogens is 518 g/mol. The van der Waals surface area contributed by atoms with E-state index in [1.54, 1.807) is 0 Å². The summed E-state index contributed by atoms with van der Waals surface area (Å²) in [5, 5.41) is 9.11. The lowest BCUT2D eigenvalue weighted by Gasteiger charge is -2.36. The minimum Gasteiger partial charge on any atom is -0.363 e. The van der Waals surface area contributed by atoms with Gasteiger partial charge in [0.1, 0.15) is 12.1 Å². The topological polar surface area (TPSA) is 151 Å². The van der Waals surface area contributed by atoms with E-state index < -0.39 is 41.1 Å². The number of hydrogen-bond acceptors (Lipinski definition) is 6. The van der Waals surface area contributed by atoms with Gasteiger partial charge in [-0.25, -0.2) is 4.79 Å². The van der Waals surface area contributed by atoms with Crippen molar-refractivity contribution in [2.45, 2.75) is 115 Å². The first kappa shape index (κ1) is 31.2. The van der Waals surface area contributed by atoms with Gasteiger partial charge >= 0.3 is 6.03 Å². The van der Waals surface area contributed by atoms with Crippen LogP contribution in [0.2, 0.25) is 0 Å². The largest absolute Gasteiger partial charge is 0.363 e. The number of Topliss-reactive ketones (excluding diaryl/α,β-unsaturated/α-hetero) is 1. The fourth-order valence-corrected chi connectivity index (χ4v) is 7.31. The molecule has 220 valence electrons. The zero-order valence-electron chi connectivity index (χ0n) is 24.1. The molecule has 4 unspecified atom stereocenters. The number of hydrogen-bond donors (Lipinski definition) is 4. The van der Waals surface area contributed by atoms with Gasteiger partial charge in [0.2, 0.25) is 17.6 Å². The Morgan fingerprint density at radius 1 is 0.949 bits per heavy atom. The van der Waals surface area contributed by atoms with Gasteiger partial charge in [0.15, 0.2) is 0 Å². The van der Waals surface area contributed by atoms with E-state index in [0.29, 0.717) is 31.1 Å². The smallest absolute Gasteiger partial charge is 0.315 e. The van der Waals surface area contributed by atoms with Crippen molar-refractivity contribution in [1.82, 2.24) is 20.9 Å². The van der Waals surface area contributed by atoms with Crippen molar-refractivity contribution in [2.24, 2.45) is 23.0 Å². The molecule has 5 atom stereocenters. The third kappa shape index (κ3) is 8.11. The SMILES string of the molecule is CC(C)C(NC(=O)NC(C(=O)N1CCC[C@H]1C(=O)NC(CC1CCC1)C(=O)C(N)=O)C(C)(C)C)C1CCCS1. The number of carbonyl (C=O) groups is 5. The Hall–Kier alpha value is -2.30. The first-order valence-electron chi connectivity index (χ1n) is 14.4. The lowest BCUT2D eigenvalue weighted by molar-refractivity contribution is -0.143. The Kier molecular flexibility index (Phi) is 10.7. The molecule has 1 aliphatic carbocycles. The number of primary amides is 1. The van der Waals surface area contributed by atoms with E-state index in [0.717, 1.165) is 37.9 Å². The predicted molar refractivity (Wildman–Crippen MR) is 152 cm³/mol. The van der Waals surface area contributed by atoms with Crippen molar-refractivity contribution >= 4 is 41.3 Å². The number of nitrogens with zero attached hydrogens (tertiary/aromatic N) is 1. The van der Waals surface area contributed by atoms with Gasteiger partial charge in [-0.2, -0.15) is 11.8 Å². The highest BCUT2D eigenvalue weighted by Gasteiger charge is 2.43. The van der Waals surface area contributed by atoms with Crippen LogP contribution in [0.3, 0.4) is 0 Å². The summed E-state index contributed by atoms with van der Waals surface area (Å²) in [7, 11) is 0. The molecule has 5 amide bonds. The summed E-state index contributed by atoms with van der Waals surface area (Å²) in [6, 6.07) is -3.01. The monoisotopic (exact) mass is 565 g/mol. The van der Waals surface area contributed by atoms with E-state index in [9.17, 15) is 24.0 Å². The van der Waals surface area contributed by atoms with Gasteiger partial charge in [-0.15, -0.1) is 0 Å². The molecule has 0 aromatic heterocycles. The third-order valence-electron chi connectivity index (χ3n) is 8.28. The second-order valence-corrected chi connectivity index (χ2v) is 14.1. The molecule has 39 heavy (non-hydrogen) atoms. The Morgan fingerprint density at radius 3 is 2.15 bits per heavy atom. The fourth-order valence-electron chi connectivity index (χ4n) is 5.75. The quantitative estimate of drug-likeness (QED) is 0.282. The predicted octanol–water partition coefficient (Wildman–Crippen LogP) is 2.34. The molecule has 3 fully saturated rings. The second-order valence-electron chi connectivity index (χ2n) is 12.8. The normalized spacial score (nSPS) is 24.0. The summed E-state index contributed by atoms with van der Waals surface area (Å²) < 4.78 is 0. The molecule has 0 spiro atoms. The van der Waals surface area contributed by atoms with Crippen LogP contribution < -0.4 is 21.7 Å². The molecule has 10 nitrogen and oxygen atoms in total. The molecule has 1 saturated carbocycles. The van der Waals surface area contributed by atoms with Crippen LogP contribution in [-0.2, 0) is 19.2 Å². The number of nitrogens with two attached hydrogens (primary N) is 1. The number of rotatable bonds is 11. The van der Waals surface area contributed by atoms with Crippen LogP contribution in [0.5, 0.6) is 0 Å². The van der Waals surface area contributed by atoms with Gasteiger partial charge in [-0.3, -0.25) is 19.2 Å². The molecule has 0 aromatic carbocycles. The molecule has 0 bridgehead atoms. The van der Waals surface area contributed by atoms with Gasteiger partial charge < -0.3 is 26.6 Å². The van der Waals surface area contributed by atoms with E-state index in [2.05, 4.69) is 29.8 Å². The lowest BCUT2D eigenvalue weighted by Crippen LogP contribution is -2.61. The minimum absolute atomic E-state index is 0.00562. The van der Waals surface area contributed by atoms with Crippen LogP contribution in [-0.4, -0.2) is 76.2 Å². The average Bonchev–Trinajstić information content (AvgIpc) is 3.53. The molecule has 11 heteroatoms. The Morgan fingerprint density at radius 2 is 1.64 bits per heavy atom. The minimum atomic E-state index is -1.07. The van der Waals surface area contributed by atoms with Crippen LogP contribution in [0.25, 0.3) is 0 Å². The van der Waals surface area contributed by atoms with Crippen LogP contribution in [0, 0.1) is 17.3 Å². The van der Waals surface area contributed by atoms with Crippen molar-refractivity contribution in [1.29, 1.82) is 0 Å². The first-order chi connectivity index (χ1) is 18.3. The zero-order valence-corrected chi connectivity index (χ0v) is 24.9. The second kappa shape index (κ2) is 13.4. The first-order valence-corrected chi connectivity index (χ1v) is 15.5. The number of likely N-dealkylation sites (tertiary alicyclic amines) is 1. The highest BCUT2D eigenvalue weighted by Crippen LogP contribution is 2.32. The highest BCUT2D eigenvalue weighted by atomic mass is 32.2. The average molecular weight is 566 g/mol. The van der Waals surface area contributed by atoms with E-state index in [1.807, 2.05) is 32.5 Å². The number of ketones is 1. The maximum Gasteiger partial charge on any atom is 0.315 e. The maximum absolute atomic E-state index is 13.8. The number of nitrogens with one attached hydrogen (secondary N) is 3. The van der Waals surface area contributed by atoms with Crippen LogP contribution in [0.4, 0.5) is 4.79 Å². The standard InChI is InChI=1S/C28H47N5O5S/c1-16(2)21(20-12-8-14-39-20)31-27(38)32-23(28(3,4)5)26(37)33-13-7-11-19(33)25(36)30-18(22(34)24(29)35)15-17-9-6-10-17/h16-21,23H,6-15H2,1-5H3,(H2,29,35)(H,30,36)(H2,31,32,38)/t18?,19-,20?,21?,23?/m0/s1. The van der Waals surface area contributed by atoms with E-state index in [4.69, 9.17) is 5.73 Å². The lowest BCUT2D eigenvalue weighted by atomic mass is 9.80. The van der Waals surface area contributed by atoms with Crippen molar-refractivity contribution in [3.63, 3.8) is 0 Å². The number of thioether (sulfide) groups is 1. The molecule has 0 aromatic rings. The zero-order chi connectivity index (χ0) is 28.9. The van der Waals surface area contributed by atoms with E-state index in [1.165, 1.54) is 4.90 Å². The highest BCUT2D eigenvalue weighted by molar-refractivity contribution is 8.00. The summed E-state index contributed by atoms with van der Waals surface area (Å²) >= 11 is 1.88. The van der Waals surface area contributed by atoms with Crippen LogP contribution in [0.15, 0.2) is 0 Å². The summed E-state index contributed by atoms with van der Waals surface area (Å²) in [6.45, 7) is 10.2. The molecule has 2 aliphatic heterocycles. The third-order valence-corrected chi connectivity index (χ3v) is 9.76. The number of carbonyl (C=O) groups excluding carboxylic acids is 5. The summed E-state index contributed by atoms with van der Waals surface area (Å²) in [6.07, 6.45) is 6.59. The number of amides is 5. The van der Waals surface area contributed by atoms with Crippen LogP contribution >= 0.6 is 11.8 Å². The number of urea groups is 1. The van der Waals surface area contributed by atoms with Gasteiger partial charge in [0.05, 0.1) is 6.04 Å². The summed E-state index contributed by atoms with van der Waals surface area (Å²) in [5.74, 6) is -1.07. The Balaban J connectivity index is 1.70. The van der Waals surface area contributed by atoms with Crippen LogP contribution in [0.1, 0.15) is 86.0 Å². The Bertz CT molecular complexity index is 926. The van der Waals surface area contributed by atoms with E-state index >= 15 is 0 Å². The molecule has 3 aliphatic rings. The van der Waals surface area contributed by atoms with Crippen molar-refractivity contribution in [2.75, 3.05) is 12.3 Å².